The summed E-state index contributed by atoms with van der Waals surface area (Å²) >= 11 is 8.95. The topological polar surface area (TPSA) is 63.3 Å². The van der Waals surface area contributed by atoms with Crippen molar-refractivity contribution in [3.63, 3.8) is 0 Å². The minimum absolute atomic E-state index is 0.0556. The van der Waals surface area contributed by atoms with Crippen LogP contribution in [0.15, 0.2) is 16.6 Å². The molecule has 1 aromatic rings. The second kappa shape index (κ2) is 3.98. The van der Waals surface area contributed by atoms with Crippen molar-refractivity contribution in [1.29, 1.82) is 0 Å². The normalized spacial score (nSPS) is 10.0. The number of carboxylic acids is 1. The van der Waals surface area contributed by atoms with Crippen molar-refractivity contribution in [2.75, 3.05) is 5.73 Å². The molecular weight excluding hydrogens is 257 g/mol. The van der Waals surface area contributed by atoms with E-state index in [4.69, 9.17) is 22.4 Å². The molecule has 13 heavy (non-hydrogen) atoms. The summed E-state index contributed by atoms with van der Waals surface area (Å²) < 4.78 is 0.616. The van der Waals surface area contributed by atoms with Gasteiger partial charge in [-0.2, -0.15) is 0 Å². The van der Waals surface area contributed by atoms with Gasteiger partial charge in [-0.1, -0.05) is 11.6 Å². The number of carbonyl (C=O) groups is 1. The minimum atomic E-state index is -0.895. The van der Waals surface area contributed by atoms with Crippen molar-refractivity contribution in [2.24, 2.45) is 0 Å². The van der Waals surface area contributed by atoms with Crippen LogP contribution in [0.4, 0.5) is 5.69 Å². The predicted octanol–water partition coefficient (Wildman–Crippen LogP) is 2.31. The van der Waals surface area contributed by atoms with Gasteiger partial charge in [-0.3, -0.25) is 4.79 Å². The number of nitrogens with two attached hydrogens (primary N) is 1. The lowest BCUT2D eigenvalue weighted by atomic mass is 10.1. The molecule has 0 saturated carbocycles. The van der Waals surface area contributed by atoms with Crippen molar-refractivity contribution < 1.29 is 9.90 Å². The van der Waals surface area contributed by atoms with Gasteiger partial charge in [0.25, 0.3) is 0 Å². The maximum Gasteiger partial charge on any atom is 0.307 e. The monoisotopic (exact) mass is 263 g/mol. The minimum Gasteiger partial charge on any atom is -0.481 e. The lowest BCUT2D eigenvalue weighted by Gasteiger charge is -2.03. The first-order valence-corrected chi connectivity index (χ1v) is 4.63. The summed E-state index contributed by atoms with van der Waals surface area (Å²) in [5.74, 6) is -0.895. The molecule has 0 aromatic heterocycles. The summed E-state index contributed by atoms with van der Waals surface area (Å²) in [4.78, 5) is 10.4. The summed E-state index contributed by atoms with van der Waals surface area (Å²) in [6, 6.07) is 3.20. The predicted molar refractivity (Wildman–Crippen MR) is 54.9 cm³/mol. The number of hydrogen-bond acceptors (Lipinski definition) is 2. The molecular formula is C8H7BrClNO2. The van der Waals surface area contributed by atoms with Gasteiger partial charge < -0.3 is 10.8 Å². The van der Waals surface area contributed by atoms with E-state index in [1.165, 1.54) is 0 Å². The molecule has 0 amide bonds. The molecule has 0 saturated heterocycles. The van der Waals surface area contributed by atoms with Gasteiger partial charge in [-0.15, -0.1) is 0 Å². The maximum atomic E-state index is 10.4. The van der Waals surface area contributed by atoms with Gasteiger partial charge in [0.05, 0.1) is 17.1 Å². The lowest BCUT2D eigenvalue weighted by molar-refractivity contribution is -0.136. The Balaban J connectivity index is 3.06. The summed E-state index contributed by atoms with van der Waals surface area (Å²) in [6.07, 6.45) is -0.0556. The zero-order chi connectivity index (χ0) is 10.0. The number of rotatable bonds is 2. The van der Waals surface area contributed by atoms with Crippen LogP contribution in [0.2, 0.25) is 5.02 Å². The number of halogens is 2. The van der Waals surface area contributed by atoms with Crippen LogP contribution >= 0.6 is 27.5 Å². The Morgan fingerprint density at radius 1 is 1.62 bits per heavy atom. The van der Waals surface area contributed by atoms with Gasteiger partial charge in [0.15, 0.2) is 0 Å². The Morgan fingerprint density at radius 2 is 2.23 bits per heavy atom. The molecule has 0 atom stereocenters. The zero-order valence-electron chi connectivity index (χ0n) is 6.55. The number of carboxylic acid groups (broad SMARTS) is 1. The van der Waals surface area contributed by atoms with E-state index < -0.39 is 5.97 Å². The average Bonchev–Trinajstić information content (AvgIpc) is 1.98. The fourth-order valence-electron chi connectivity index (χ4n) is 0.945. The molecule has 0 fully saturated rings. The molecule has 0 heterocycles. The molecule has 1 aromatic carbocycles. The van der Waals surface area contributed by atoms with E-state index in [1.54, 1.807) is 12.1 Å². The second-order valence-electron chi connectivity index (χ2n) is 2.55. The van der Waals surface area contributed by atoms with E-state index in [0.717, 1.165) is 0 Å². The average molecular weight is 265 g/mol. The highest BCUT2D eigenvalue weighted by atomic mass is 79.9. The standard InChI is InChI=1S/C8H7BrClNO2/c9-5-1-4(3-7(12)13)2-6(11)8(5)10/h1-2H,3,11H2,(H,12,13). The van der Waals surface area contributed by atoms with Crippen LogP contribution in [0, 0.1) is 0 Å². The SMILES string of the molecule is Nc1cc(CC(=O)O)cc(Br)c1Cl. The van der Waals surface area contributed by atoms with Crippen LogP contribution in [0.1, 0.15) is 5.56 Å². The molecule has 1 rings (SSSR count). The molecule has 0 aliphatic carbocycles. The Labute approximate surface area is 88.6 Å². The molecule has 3 nitrogen and oxygen atoms in total. The first-order chi connectivity index (χ1) is 6.00. The Morgan fingerprint density at radius 3 is 2.69 bits per heavy atom. The number of aliphatic carboxylic acids is 1. The molecule has 0 bridgehead atoms. The largest absolute Gasteiger partial charge is 0.481 e. The maximum absolute atomic E-state index is 10.4. The van der Waals surface area contributed by atoms with E-state index in [9.17, 15) is 4.79 Å². The Kier molecular flexibility index (Phi) is 3.17. The molecule has 0 aliphatic rings. The number of benzene rings is 1. The number of nitrogen functional groups attached to an aromatic ring is 1. The van der Waals surface area contributed by atoms with Crippen LogP contribution < -0.4 is 5.73 Å². The van der Waals surface area contributed by atoms with E-state index in [0.29, 0.717) is 20.7 Å². The van der Waals surface area contributed by atoms with Crippen molar-refractivity contribution in [3.8, 4) is 0 Å². The van der Waals surface area contributed by atoms with E-state index in [2.05, 4.69) is 15.9 Å². The van der Waals surface area contributed by atoms with E-state index >= 15 is 0 Å². The van der Waals surface area contributed by atoms with Gasteiger partial charge in [0.1, 0.15) is 0 Å². The molecule has 0 unspecified atom stereocenters. The first kappa shape index (κ1) is 10.3. The summed E-state index contributed by atoms with van der Waals surface area (Å²) in [5, 5.41) is 8.94. The van der Waals surface area contributed by atoms with Gasteiger partial charge >= 0.3 is 5.97 Å². The van der Waals surface area contributed by atoms with E-state index in [-0.39, 0.29) is 6.42 Å². The van der Waals surface area contributed by atoms with Gasteiger partial charge in [0.2, 0.25) is 0 Å². The van der Waals surface area contributed by atoms with Crippen molar-refractivity contribution in [3.05, 3.63) is 27.2 Å². The second-order valence-corrected chi connectivity index (χ2v) is 3.78. The molecule has 0 aliphatic heterocycles. The number of anilines is 1. The molecule has 70 valence electrons. The summed E-state index contributed by atoms with van der Waals surface area (Å²) in [7, 11) is 0. The summed E-state index contributed by atoms with van der Waals surface area (Å²) in [6.45, 7) is 0. The zero-order valence-corrected chi connectivity index (χ0v) is 8.89. The highest BCUT2D eigenvalue weighted by Crippen LogP contribution is 2.29. The van der Waals surface area contributed by atoms with Crippen molar-refractivity contribution in [1.82, 2.24) is 0 Å². The third-order valence-corrected chi connectivity index (χ3v) is 2.75. The highest BCUT2D eigenvalue weighted by Gasteiger charge is 2.06. The summed E-state index contributed by atoms with van der Waals surface area (Å²) in [5.41, 5.74) is 6.55. The van der Waals surface area contributed by atoms with Crippen LogP contribution in [-0.2, 0) is 11.2 Å². The molecule has 3 N–H and O–H groups in total. The quantitative estimate of drug-likeness (QED) is 0.806. The molecule has 0 radical (unpaired) electrons. The fraction of sp³-hybridized carbons (Fsp3) is 0.125. The van der Waals surface area contributed by atoms with Crippen LogP contribution in [0.3, 0.4) is 0 Å². The third-order valence-electron chi connectivity index (χ3n) is 1.47. The van der Waals surface area contributed by atoms with Crippen LogP contribution in [0.5, 0.6) is 0 Å². The third kappa shape index (κ3) is 2.60. The Bertz CT molecular complexity index is 331. The fourth-order valence-corrected chi connectivity index (χ4v) is 1.58. The van der Waals surface area contributed by atoms with Gasteiger partial charge in [0, 0.05) is 4.47 Å². The lowest BCUT2D eigenvalue weighted by Crippen LogP contribution is -2.01. The Hall–Kier alpha value is -0.740. The van der Waals surface area contributed by atoms with Crippen LogP contribution in [-0.4, -0.2) is 11.1 Å². The first-order valence-electron chi connectivity index (χ1n) is 3.46. The van der Waals surface area contributed by atoms with Gasteiger partial charge in [-0.25, -0.2) is 0 Å². The van der Waals surface area contributed by atoms with Gasteiger partial charge in [-0.05, 0) is 33.6 Å². The smallest absolute Gasteiger partial charge is 0.307 e. The number of hydrogen-bond donors (Lipinski definition) is 2. The van der Waals surface area contributed by atoms with Crippen LogP contribution in [0.25, 0.3) is 0 Å². The molecule has 5 heteroatoms. The van der Waals surface area contributed by atoms with Crippen molar-refractivity contribution in [2.45, 2.75) is 6.42 Å². The molecule has 0 spiro atoms. The highest BCUT2D eigenvalue weighted by molar-refractivity contribution is 9.10. The van der Waals surface area contributed by atoms with E-state index in [1.807, 2.05) is 0 Å². The van der Waals surface area contributed by atoms with Crippen molar-refractivity contribution >= 4 is 39.2 Å².